The number of hydrogen-bond donors (Lipinski definition) is 5. The molecular weight excluding hydrogens is 478 g/mol. The number of carbonyl (C=O) groups is 4. The Hall–Kier alpha value is -2.36. The maximum atomic E-state index is 12.7. The first-order valence-corrected chi connectivity index (χ1v) is 14.1. The van der Waals surface area contributed by atoms with Crippen molar-refractivity contribution in [3.8, 4) is 0 Å². The highest BCUT2D eigenvalue weighted by molar-refractivity contribution is 5.77. The van der Waals surface area contributed by atoms with E-state index < -0.39 is 24.0 Å². The summed E-state index contributed by atoms with van der Waals surface area (Å²) in [5.74, 6) is -1.69. The van der Waals surface area contributed by atoms with Gasteiger partial charge in [-0.2, -0.15) is 0 Å². The highest BCUT2D eigenvalue weighted by atomic mass is 16.5. The van der Waals surface area contributed by atoms with E-state index in [2.05, 4.69) is 22.9 Å². The Morgan fingerprint density at radius 2 is 1.54 bits per heavy atom. The molecule has 0 saturated heterocycles. The van der Waals surface area contributed by atoms with Crippen molar-refractivity contribution in [1.29, 1.82) is 0 Å². The number of ether oxygens (including phenoxy) is 1. The van der Waals surface area contributed by atoms with Crippen LogP contribution in [0.15, 0.2) is 0 Å². The van der Waals surface area contributed by atoms with Crippen LogP contribution in [-0.2, 0) is 19.1 Å². The van der Waals surface area contributed by atoms with Crippen molar-refractivity contribution >= 4 is 23.9 Å². The lowest BCUT2D eigenvalue weighted by Gasteiger charge is -2.35. The minimum atomic E-state index is -0.916. The number of aliphatic carboxylic acids is 2. The van der Waals surface area contributed by atoms with Crippen molar-refractivity contribution in [2.75, 3.05) is 6.61 Å². The number of rotatable bonds is 11. The molecule has 0 aromatic carbocycles. The average molecular weight is 524 g/mol. The Labute approximate surface area is 219 Å². The second kappa shape index (κ2) is 14.5. The zero-order valence-electron chi connectivity index (χ0n) is 22.1. The van der Waals surface area contributed by atoms with Gasteiger partial charge in [-0.1, -0.05) is 19.8 Å². The van der Waals surface area contributed by atoms with Crippen molar-refractivity contribution in [2.24, 2.45) is 17.8 Å². The molecule has 0 aliphatic heterocycles. The summed E-state index contributed by atoms with van der Waals surface area (Å²) in [5.41, 5.74) is 0. The summed E-state index contributed by atoms with van der Waals surface area (Å²) in [4.78, 5) is 47.5. The largest absolute Gasteiger partial charge is 0.481 e. The minimum absolute atomic E-state index is 0.0210. The van der Waals surface area contributed by atoms with Crippen LogP contribution in [0.5, 0.6) is 0 Å². The van der Waals surface area contributed by atoms with Gasteiger partial charge in [-0.15, -0.1) is 0 Å². The summed E-state index contributed by atoms with van der Waals surface area (Å²) >= 11 is 0. The molecule has 10 heteroatoms. The molecule has 0 heterocycles. The maximum Gasteiger partial charge on any atom is 0.315 e. The summed E-state index contributed by atoms with van der Waals surface area (Å²) in [6.07, 6.45) is 9.76. The van der Waals surface area contributed by atoms with E-state index in [1.807, 2.05) is 0 Å². The molecule has 5 atom stereocenters. The minimum Gasteiger partial charge on any atom is -0.481 e. The lowest BCUT2D eigenvalue weighted by atomic mass is 9.82. The van der Waals surface area contributed by atoms with E-state index in [1.165, 1.54) is 19.3 Å². The summed E-state index contributed by atoms with van der Waals surface area (Å²) in [7, 11) is 0. The normalized spacial score (nSPS) is 32.2. The third-order valence-electron chi connectivity index (χ3n) is 8.42. The molecule has 0 aromatic rings. The molecule has 210 valence electrons. The third kappa shape index (κ3) is 9.79. The zero-order chi connectivity index (χ0) is 26.8. The van der Waals surface area contributed by atoms with Crippen molar-refractivity contribution in [2.45, 2.75) is 121 Å². The van der Waals surface area contributed by atoms with E-state index in [1.54, 1.807) is 0 Å². The predicted molar refractivity (Wildman–Crippen MR) is 137 cm³/mol. The van der Waals surface area contributed by atoms with Gasteiger partial charge in [0.1, 0.15) is 0 Å². The molecule has 3 fully saturated rings. The molecule has 3 amide bonds. The van der Waals surface area contributed by atoms with Crippen LogP contribution in [0.1, 0.15) is 96.8 Å². The van der Waals surface area contributed by atoms with Crippen molar-refractivity contribution in [3.63, 3.8) is 0 Å². The average Bonchev–Trinajstić information content (AvgIpc) is 2.84. The third-order valence-corrected chi connectivity index (χ3v) is 8.42. The molecule has 3 aliphatic carbocycles. The fourth-order valence-electron chi connectivity index (χ4n) is 6.17. The number of nitrogens with one attached hydrogen (secondary N) is 3. The molecule has 3 saturated carbocycles. The van der Waals surface area contributed by atoms with E-state index in [0.717, 1.165) is 32.1 Å². The molecule has 0 bridgehead atoms. The van der Waals surface area contributed by atoms with E-state index in [-0.39, 0.29) is 49.0 Å². The summed E-state index contributed by atoms with van der Waals surface area (Å²) in [6, 6.07) is 0.186. The quantitative estimate of drug-likeness (QED) is 0.260. The zero-order valence-corrected chi connectivity index (χ0v) is 22.1. The van der Waals surface area contributed by atoms with Gasteiger partial charge < -0.3 is 30.9 Å². The smallest absolute Gasteiger partial charge is 0.315 e. The Balaban J connectivity index is 1.35. The summed E-state index contributed by atoms with van der Waals surface area (Å²) in [6.45, 7) is 2.39. The Morgan fingerprint density at radius 3 is 2.22 bits per heavy atom. The monoisotopic (exact) mass is 523 g/mol. The molecular formula is C27H45N3O7. The van der Waals surface area contributed by atoms with Gasteiger partial charge in [0.05, 0.1) is 12.0 Å². The first-order chi connectivity index (χ1) is 17.7. The molecule has 3 aliphatic rings. The SMILES string of the molecule is CC1CCCCC1NC(=O)NC1CCC(CC(=O)NC2CCC(C(=O)O)C(OCCCC(=O)O)C2)CC1. The lowest BCUT2D eigenvalue weighted by Crippen LogP contribution is -2.49. The molecule has 0 radical (unpaired) electrons. The lowest BCUT2D eigenvalue weighted by molar-refractivity contribution is -0.151. The van der Waals surface area contributed by atoms with Gasteiger partial charge in [0.25, 0.3) is 0 Å². The van der Waals surface area contributed by atoms with Gasteiger partial charge in [0, 0.05) is 37.6 Å². The predicted octanol–water partition coefficient (Wildman–Crippen LogP) is 3.43. The van der Waals surface area contributed by atoms with Gasteiger partial charge in [-0.05, 0) is 76.0 Å². The first-order valence-electron chi connectivity index (χ1n) is 14.1. The Bertz CT molecular complexity index is 784. The van der Waals surface area contributed by atoms with Crippen LogP contribution >= 0.6 is 0 Å². The number of amides is 3. The highest BCUT2D eigenvalue weighted by Crippen LogP contribution is 2.30. The fourth-order valence-corrected chi connectivity index (χ4v) is 6.17. The van der Waals surface area contributed by atoms with Gasteiger partial charge in [0.15, 0.2) is 0 Å². The molecule has 0 aromatic heterocycles. The highest BCUT2D eigenvalue weighted by Gasteiger charge is 2.36. The van der Waals surface area contributed by atoms with Crippen LogP contribution in [0.4, 0.5) is 4.79 Å². The van der Waals surface area contributed by atoms with E-state index in [9.17, 15) is 24.3 Å². The van der Waals surface area contributed by atoms with Crippen LogP contribution in [-0.4, -0.2) is 64.9 Å². The van der Waals surface area contributed by atoms with Crippen molar-refractivity contribution in [1.82, 2.24) is 16.0 Å². The van der Waals surface area contributed by atoms with E-state index >= 15 is 0 Å². The van der Waals surface area contributed by atoms with Gasteiger partial charge in [-0.3, -0.25) is 14.4 Å². The number of urea groups is 1. The van der Waals surface area contributed by atoms with Gasteiger partial charge in [-0.25, -0.2) is 4.79 Å². The second-order valence-corrected chi connectivity index (χ2v) is 11.3. The van der Waals surface area contributed by atoms with Crippen LogP contribution in [0.3, 0.4) is 0 Å². The maximum absolute atomic E-state index is 12.7. The van der Waals surface area contributed by atoms with E-state index in [0.29, 0.717) is 38.0 Å². The molecule has 37 heavy (non-hydrogen) atoms. The van der Waals surface area contributed by atoms with Crippen LogP contribution in [0, 0.1) is 17.8 Å². The van der Waals surface area contributed by atoms with Crippen molar-refractivity contribution < 1.29 is 34.1 Å². The van der Waals surface area contributed by atoms with Crippen LogP contribution in [0.2, 0.25) is 0 Å². The van der Waals surface area contributed by atoms with Gasteiger partial charge >= 0.3 is 18.0 Å². The molecule has 10 nitrogen and oxygen atoms in total. The molecule has 5 unspecified atom stereocenters. The van der Waals surface area contributed by atoms with E-state index in [4.69, 9.17) is 9.84 Å². The summed E-state index contributed by atoms with van der Waals surface area (Å²) < 4.78 is 5.73. The molecule has 0 spiro atoms. The number of carbonyl (C=O) groups excluding carboxylic acids is 2. The van der Waals surface area contributed by atoms with Crippen molar-refractivity contribution in [3.05, 3.63) is 0 Å². The topological polar surface area (TPSA) is 154 Å². The standard InChI is InChI=1S/C27H45N3O7/c1-17-5-2-3-6-22(17)30-27(36)29-19-10-8-18(9-11-19)15-24(31)28-20-12-13-21(26(34)35)23(16-20)37-14-4-7-25(32)33/h17-23H,2-16H2,1H3,(H,28,31)(H,32,33)(H,34,35)(H2,29,30,36). The number of hydrogen-bond acceptors (Lipinski definition) is 5. The fraction of sp³-hybridized carbons (Fsp3) is 0.852. The number of carboxylic acid groups (broad SMARTS) is 2. The van der Waals surface area contributed by atoms with Crippen LogP contribution < -0.4 is 16.0 Å². The molecule has 3 rings (SSSR count). The molecule has 5 N–H and O–H groups in total. The van der Waals surface area contributed by atoms with Gasteiger partial charge in [0.2, 0.25) is 5.91 Å². The Morgan fingerprint density at radius 1 is 0.838 bits per heavy atom. The summed E-state index contributed by atoms with van der Waals surface area (Å²) in [5, 5.41) is 27.6. The second-order valence-electron chi connectivity index (χ2n) is 11.3. The first kappa shape index (κ1) is 29.2. The number of carboxylic acids is 2. The Kier molecular flexibility index (Phi) is 11.5. The van der Waals surface area contributed by atoms with Crippen LogP contribution in [0.25, 0.3) is 0 Å².